The Kier molecular flexibility index (Phi) is 5.72. The third-order valence-electron chi connectivity index (χ3n) is 4.82. The molecule has 0 fully saturated rings. The molecule has 0 aliphatic carbocycles. The molecule has 4 rings (SSSR count). The number of para-hydroxylation sites is 1. The molecule has 0 aliphatic heterocycles. The van der Waals surface area contributed by atoms with Crippen LogP contribution in [0, 0.1) is 6.92 Å². The van der Waals surface area contributed by atoms with E-state index < -0.39 is 5.97 Å². The number of fused-ring (bicyclic) bond motifs is 1. The Balaban J connectivity index is 1.86. The first kappa shape index (κ1) is 20.9. The van der Waals surface area contributed by atoms with Gasteiger partial charge < -0.3 is 19.6 Å². The van der Waals surface area contributed by atoms with Gasteiger partial charge in [0.05, 0.1) is 18.4 Å². The van der Waals surface area contributed by atoms with E-state index in [-0.39, 0.29) is 22.6 Å². The van der Waals surface area contributed by atoms with Gasteiger partial charge in [-0.15, -0.1) is 0 Å². The fourth-order valence-corrected chi connectivity index (χ4v) is 3.25. The number of methoxy groups -OCH3 is 1. The predicted molar refractivity (Wildman–Crippen MR) is 121 cm³/mol. The summed E-state index contributed by atoms with van der Waals surface area (Å²) < 4.78 is 11.4. The summed E-state index contributed by atoms with van der Waals surface area (Å²) in [6, 6.07) is 20.5. The molecule has 0 saturated heterocycles. The summed E-state index contributed by atoms with van der Waals surface area (Å²) in [6.45, 7) is 1.94. The maximum Gasteiger partial charge on any atom is 0.335 e. The first-order chi connectivity index (χ1) is 15.4. The minimum absolute atomic E-state index is 0.0789. The van der Waals surface area contributed by atoms with Gasteiger partial charge in [-0.05, 0) is 61.0 Å². The molecule has 1 heterocycles. The van der Waals surface area contributed by atoms with Gasteiger partial charge in [0, 0.05) is 11.1 Å². The molecule has 3 aromatic carbocycles. The molecule has 7 nitrogen and oxygen atoms in total. The van der Waals surface area contributed by atoms with Crippen LogP contribution in [0.1, 0.15) is 26.3 Å². The molecule has 1 aromatic heterocycles. The molecule has 1 amide bonds. The zero-order chi connectivity index (χ0) is 22.7. The second-order valence-corrected chi connectivity index (χ2v) is 7.13. The number of carbonyl (C=O) groups excluding carboxylic acids is 1. The lowest BCUT2D eigenvalue weighted by atomic mass is 10.1. The smallest absolute Gasteiger partial charge is 0.335 e. The average Bonchev–Trinajstić information content (AvgIpc) is 2.78. The van der Waals surface area contributed by atoms with E-state index in [1.807, 2.05) is 31.2 Å². The highest BCUT2D eigenvalue weighted by Gasteiger charge is 2.15. The Morgan fingerprint density at radius 1 is 1.00 bits per heavy atom. The molecule has 32 heavy (non-hydrogen) atoms. The molecule has 7 heteroatoms. The fraction of sp³-hybridized carbons (Fsp3) is 0.0800. The third-order valence-corrected chi connectivity index (χ3v) is 4.82. The zero-order valence-electron chi connectivity index (χ0n) is 17.5. The second-order valence-electron chi connectivity index (χ2n) is 7.13. The van der Waals surface area contributed by atoms with E-state index in [9.17, 15) is 9.59 Å². The number of rotatable bonds is 5. The molecule has 0 spiro atoms. The number of carboxylic acids is 1. The maximum absolute atomic E-state index is 13.1. The van der Waals surface area contributed by atoms with Crippen LogP contribution < -0.4 is 15.6 Å². The van der Waals surface area contributed by atoms with Gasteiger partial charge in [-0.1, -0.05) is 24.3 Å². The highest BCUT2D eigenvalue weighted by molar-refractivity contribution is 6.05. The van der Waals surface area contributed by atoms with Crippen molar-refractivity contribution in [1.29, 1.82) is 0 Å². The molecule has 0 saturated carbocycles. The summed E-state index contributed by atoms with van der Waals surface area (Å²) in [4.78, 5) is 28.7. The van der Waals surface area contributed by atoms with E-state index in [1.54, 1.807) is 36.4 Å². The normalized spacial score (nSPS) is 11.4. The molecule has 160 valence electrons. The van der Waals surface area contributed by atoms with Gasteiger partial charge in [-0.25, -0.2) is 9.79 Å². The molecular formula is C25H20N2O5. The van der Waals surface area contributed by atoms with Gasteiger partial charge in [-0.2, -0.15) is 0 Å². The topological polar surface area (TPSA) is 101 Å². The molecule has 0 radical (unpaired) electrons. The number of ether oxygens (including phenoxy) is 1. The van der Waals surface area contributed by atoms with Gasteiger partial charge in [0.2, 0.25) is 5.55 Å². The Hall–Kier alpha value is -4.39. The van der Waals surface area contributed by atoms with E-state index in [0.717, 1.165) is 5.56 Å². The third kappa shape index (κ3) is 4.37. The SMILES string of the molecule is COc1cccc2cc(C(=O)Nc3cccc(C)c3)c(=Nc3ccc(C(=O)O)cc3)oc12. The number of nitrogens with zero attached hydrogens (tertiary/aromatic N) is 1. The Labute approximate surface area is 183 Å². The van der Waals surface area contributed by atoms with Crippen LogP contribution in [-0.4, -0.2) is 24.1 Å². The Bertz CT molecular complexity index is 1390. The Morgan fingerprint density at radius 3 is 2.44 bits per heavy atom. The summed E-state index contributed by atoms with van der Waals surface area (Å²) in [5.41, 5.74) is 3.00. The number of aryl methyl sites for hydroxylation is 1. The fourth-order valence-electron chi connectivity index (χ4n) is 3.25. The number of nitrogens with one attached hydrogen (secondary N) is 1. The van der Waals surface area contributed by atoms with Crippen LogP contribution in [0.4, 0.5) is 11.4 Å². The van der Waals surface area contributed by atoms with Crippen molar-refractivity contribution in [3.05, 3.63) is 95.0 Å². The number of carboxylic acid groups (broad SMARTS) is 1. The summed E-state index contributed by atoms with van der Waals surface area (Å²) in [5, 5.41) is 12.7. The van der Waals surface area contributed by atoms with Crippen molar-refractivity contribution in [2.75, 3.05) is 12.4 Å². The van der Waals surface area contributed by atoms with Gasteiger partial charge in [0.1, 0.15) is 5.56 Å². The summed E-state index contributed by atoms with van der Waals surface area (Å²) >= 11 is 0. The van der Waals surface area contributed by atoms with Crippen LogP contribution in [0.5, 0.6) is 5.75 Å². The summed E-state index contributed by atoms with van der Waals surface area (Å²) in [6.07, 6.45) is 0. The first-order valence-corrected chi connectivity index (χ1v) is 9.81. The summed E-state index contributed by atoms with van der Waals surface area (Å²) in [7, 11) is 1.53. The number of amides is 1. The standard InChI is InChI=1S/C25H20N2O5/c1-15-5-3-7-19(13-15)26-23(28)20-14-17-6-4-8-21(31-2)22(17)32-24(20)27-18-11-9-16(10-12-18)25(29)30/h3-14H,1-2H3,(H,26,28)(H,29,30). The van der Waals surface area contributed by atoms with Crippen molar-refractivity contribution in [1.82, 2.24) is 0 Å². The van der Waals surface area contributed by atoms with Crippen LogP contribution >= 0.6 is 0 Å². The van der Waals surface area contributed by atoms with Gasteiger partial charge in [0.15, 0.2) is 11.3 Å². The molecule has 0 unspecified atom stereocenters. The quantitative estimate of drug-likeness (QED) is 0.469. The Morgan fingerprint density at radius 2 is 1.75 bits per heavy atom. The van der Waals surface area contributed by atoms with Crippen molar-refractivity contribution in [3.8, 4) is 5.75 Å². The van der Waals surface area contributed by atoms with Crippen molar-refractivity contribution in [2.24, 2.45) is 4.99 Å². The molecule has 4 aromatic rings. The highest BCUT2D eigenvalue weighted by Crippen LogP contribution is 2.25. The zero-order valence-corrected chi connectivity index (χ0v) is 17.5. The van der Waals surface area contributed by atoms with E-state index in [1.165, 1.54) is 19.2 Å². The van der Waals surface area contributed by atoms with Crippen molar-refractivity contribution < 1.29 is 23.8 Å². The molecule has 0 atom stereocenters. The van der Waals surface area contributed by atoms with Gasteiger partial charge in [0.25, 0.3) is 5.91 Å². The minimum atomic E-state index is -1.03. The maximum atomic E-state index is 13.1. The molecule has 0 bridgehead atoms. The lowest BCUT2D eigenvalue weighted by Crippen LogP contribution is -2.21. The van der Waals surface area contributed by atoms with E-state index in [4.69, 9.17) is 14.3 Å². The van der Waals surface area contributed by atoms with Crippen LogP contribution in [0.15, 0.2) is 82.2 Å². The van der Waals surface area contributed by atoms with Crippen molar-refractivity contribution in [3.63, 3.8) is 0 Å². The summed E-state index contributed by atoms with van der Waals surface area (Å²) in [5.74, 6) is -0.911. The minimum Gasteiger partial charge on any atom is -0.493 e. The monoisotopic (exact) mass is 428 g/mol. The number of hydrogen-bond donors (Lipinski definition) is 2. The van der Waals surface area contributed by atoms with Crippen LogP contribution in [0.3, 0.4) is 0 Å². The number of aromatic carboxylic acids is 1. The van der Waals surface area contributed by atoms with Crippen molar-refractivity contribution in [2.45, 2.75) is 6.92 Å². The number of carbonyl (C=O) groups is 2. The lowest BCUT2D eigenvalue weighted by Gasteiger charge is -2.09. The predicted octanol–water partition coefficient (Wildman–Crippen LogP) is 4.93. The first-order valence-electron chi connectivity index (χ1n) is 9.81. The van der Waals surface area contributed by atoms with Crippen LogP contribution in [0.2, 0.25) is 0 Å². The number of benzene rings is 3. The van der Waals surface area contributed by atoms with Crippen LogP contribution in [0.25, 0.3) is 11.0 Å². The molecule has 0 aliphatic rings. The van der Waals surface area contributed by atoms with E-state index in [0.29, 0.717) is 28.1 Å². The number of hydrogen-bond acceptors (Lipinski definition) is 5. The highest BCUT2D eigenvalue weighted by atomic mass is 16.5. The average molecular weight is 428 g/mol. The largest absolute Gasteiger partial charge is 0.493 e. The van der Waals surface area contributed by atoms with E-state index >= 15 is 0 Å². The number of anilines is 1. The lowest BCUT2D eigenvalue weighted by molar-refractivity contribution is 0.0696. The molecular weight excluding hydrogens is 408 g/mol. The van der Waals surface area contributed by atoms with Gasteiger partial charge >= 0.3 is 5.97 Å². The van der Waals surface area contributed by atoms with Gasteiger partial charge in [-0.3, -0.25) is 4.79 Å². The molecule has 2 N–H and O–H groups in total. The van der Waals surface area contributed by atoms with Crippen LogP contribution in [-0.2, 0) is 0 Å². The van der Waals surface area contributed by atoms with Crippen molar-refractivity contribution >= 4 is 34.2 Å². The second kappa shape index (κ2) is 8.77. The van der Waals surface area contributed by atoms with E-state index in [2.05, 4.69) is 10.3 Å².